The fourth-order valence-electron chi connectivity index (χ4n) is 1.20. The van der Waals surface area contributed by atoms with Crippen molar-refractivity contribution in [2.24, 2.45) is 0 Å². The Hall–Kier alpha value is -1.81. The molecule has 0 aliphatic carbocycles. The minimum absolute atomic E-state index is 0.336. The molecule has 3 nitrogen and oxygen atoms in total. The summed E-state index contributed by atoms with van der Waals surface area (Å²) in [6.07, 6.45) is 1.62. The van der Waals surface area contributed by atoms with Crippen molar-refractivity contribution in [3.05, 3.63) is 54.5 Å². The van der Waals surface area contributed by atoms with E-state index >= 15 is 0 Å². The first-order valence-corrected chi connectivity index (χ1v) is 5.28. The van der Waals surface area contributed by atoms with E-state index < -0.39 is 0 Å². The number of hydrogen-bond donors (Lipinski definition) is 1. The average molecular weight is 233 g/mol. The Morgan fingerprint density at radius 3 is 2.69 bits per heavy atom. The molecule has 4 heteroatoms. The summed E-state index contributed by atoms with van der Waals surface area (Å²) in [6, 6.07) is 13.1. The third-order valence-corrected chi connectivity index (χ3v) is 2.17. The van der Waals surface area contributed by atoms with Crippen molar-refractivity contribution in [3.8, 4) is 5.75 Å². The lowest BCUT2D eigenvalue weighted by Crippen LogP contribution is -2.25. The maximum absolute atomic E-state index is 5.39. The highest BCUT2D eigenvalue weighted by molar-refractivity contribution is 7.80. The second kappa shape index (κ2) is 5.32. The van der Waals surface area contributed by atoms with Crippen molar-refractivity contribution < 1.29 is 9.15 Å². The molecule has 0 saturated heterocycles. The van der Waals surface area contributed by atoms with Gasteiger partial charge >= 0.3 is 0 Å². The number of thiocarbonyl (C=S) groups is 1. The maximum atomic E-state index is 5.39. The van der Waals surface area contributed by atoms with E-state index in [2.05, 4.69) is 5.32 Å². The number of para-hydroxylation sites is 1. The van der Waals surface area contributed by atoms with Crippen molar-refractivity contribution >= 4 is 17.4 Å². The van der Waals surface area contributed by atoms with Gasteiger partial charge in [0.2, 0.25) is 0 Å². The van der Waals surface area contributed by atoms with Gasteiger partial charge in [0.25, 0.3) is 5.17 Å². The first-order chi connectivity index (χ1) is 7.84. The van der Waals surface area contributed by atoms with E-state index in [1.807, 2.05) is 42.5 Å². The molecule has 1 N–H and O–H groups in total. The third kappa shape index (κ3) is 3.10. The number of rotatable bonds is 3. The molecule has 0 aliphatic heterocycles. The summed E-state index contributed by atoms with van der Waals surface area (Å²) < 4.78 is 10.5. The first kappa shape index (κ1) is 10.7. The highest BCUT2D eigenvalue weighted by Crippen LogP contribution is 2.08. The van der Waals surface area contributed by atoms with E-state index in [-0.39, 0.29) is 0 Å². The van der Waals surface area contributed by atoms with Crippen LogP contribution in [-0.2, 0) is 6.54 Å². The van der Waals surface area contributed by atoms with Crippen LogP contribution in [0.25, 0.3) is 0 Å². The minimum atomic E-state index is 0.336. The lowest BCUT2D eigenvalue weighted by molar-refractivity contribution is 0.482. The number of ether oxygens (including phenoxy) is 1. The van der Waals surface area contributed by atoms with Gasteiger partial charge in [-0.1, -0.05) is 18.2 Å². The summed E-state index contributed by atoms with van der Waals surface area (Å²) in [5.74, 6) is 1.54. The number of benzene rings is 1. The molecule has 0 aliphatic rings. The SMILES string of the molecule is S=C(NCc1ccco1)Oc1ccccc1. The van der Waals surface area contributed by atoms with E-state index in [0.717, 1.165) is 11.5 Å². The highest BCUT2D eigenvalue weighted by atomic mass is 32.1. The Morgan fingerprint density at radius 1 is 1.19 bits per heavy atom. The fraction of sp³-hybridized carbons (Fsp3) is 0.0833. The highest BCUT2D eigenvalue weighted by Gasteiger charge is 2.00. The molecule has 0 atom stereocenters. The van der Waals surface area contributed by atoms with Gasteiger partial charge in [-0.05, 0) is 36.5 Å². The average Bonchev–Trinajstić information content (AvgIpc) is 2.81. The van der Waals surface area contributed by atoms with Crippen LogP contribution in [-0.4, -0.2) is 5.17 Å². The molecule has 0 radical (unpaired) electrons. The van der Waals surface area contributed by atoms with Crippen molar-refractivity contribution in [1.29, 1.82) is 0 Å². The quantitative estimate of drug-likeness (QED) is 0.827. The molecule has 1 aromatic carbocycles. The molecule has 0 fully saturated rings. The Morgan fingerprint density at radius 2 is 2.00 bits per heavy atom. The van der Waals surface area contributed by atoms with Crippen LogP contribution in [0.15, 0.2) is 53.1 Å². The Labute approximate surface area is 99.0 Å². The Bertz CT molecular complexity index is 439. The standard InChI is InChI=1S/C12H11NO2S/c16-12(13-9-11-7-4-8-14-11)15-10-5-2-1-3-6-10/h1-8H,9H2,(H,13,16). The van der Waals surface area contributed by atoms with Crippen LogP contribution in [0.3, 0.4) is 0 Å². The fourth-order valence-corrected chi connectivity index (χ4v) is 1.37. The molecule has 0 unspecified atom stereocenters. The molecule has 1 aromatic heterocycles. The van der Waals surface area contributed by atoms with E-state index in [1.165, 1.54) is 0 Å². The van der Waals surface area contributed by atoms with Gasteiger partial charge < -0.3 is 14.5 Å². The normalized spacial score (nSPS) is 9.75. The lowest BCUT2D eigenvalue weighted by atomic mass is 10.3. The predicted octanol–water partition coefficient (Wildman–Crippen LogP) is 2.73. The third-order valence-electron chi connectivity index (χ3n) is 1.94. The largest absolute Gasteiger partial charge is 0.467 e. The zero-order valence-electron chi connectivity index (χ0n) is 8.55. The van der Waals surface area contributed by atoms with Crippen LogP contribution in [0.2, 0.25) is 0 Å². The van der Waals surface area contributed by atoms with Crippen molar-refractivity contribution in [2.45, 2.75) is 6.54 Å². The molecule has 0 saturated carbocycles. The van der Waals surface area contributed by atoms with Crippen LogP contribution in [0.5, 0.6) is 5.75 Å². The van der Waals surface area contributed by atoms with Crippen LogP contribution in [0, 0.1) is 0 Å². The van der Waals surface area contributed by atoms with Gasteiger partial charge in [0.1, 0.15) is 11.5 Å². The molecular formula is C12H11NO2S. The molecular weight excluding hydrogens is 222 g/mol. The lowest BCUT2D eigenvalue weighted by Gasteiger charge is -2.07. The van der Waals surface area contributed by atoms with Crippen molar-refractivity contribution in [1.82, 2.24) is 5.32 Å². The van der Waals surface area contributed by atoms with E-state index in [1.54, 1.807) is 6.26 Å². The first-order valence-electron chi connectivity index (χ1n) is 4.88. The number of nitrogens with one attached hydrogen (secondary N) is 1. The second-order valence-electron chi connectivity index (χ2n) is 3.14. The van der Waals surface area contributed by atoms with Gasteiger partial charge in [0.15, 0.2) is 0 Å². The molecule has 1 heterocycles. The van der Waals surface area contributed by atoms with Gasteiger partial charge in [-0.15, -0.1) is 0 Å². The summed E-state index contributed by atoms with van der Waals surface area (Å²) in [6.45, 7) is 0.526. The molecule has 0 bridgehead atoms. The summed E-state index contributed by atoms with van der Waals surface area (Å²) in [5.41, 5.74) is 0. The van der Waals surface area contributed by atoms with Gasteiger partial charge in [0.05, 0.1) is 12.8 Å². The van der Waals surface area contributed by atoms with Crippen molar-refractivity contribution in [3.63, 3.8) is 0 Å². The van der Waals surface area contributed by atoms with Crippen LogP contribution >= 0.6 is 12.2 Å². The molecule has 2 aromatic rings. The maximum Gasteiger partial charge on any atom is 0.262 e. The molecule has 82 valence electrons. The predicted molar refractivity (Wildman–Crippen MR) is 65.2 cm³/mol. The van der Waals surface area contributed by atoms with Crippen LogP contribution in [0.4, 0.5) is 0 Å². The van der Waals surface area contributed by atoms with E-state index in [9.17, 15) is 0 Å². The summed E-state index contributed by atoms with van der Waals surface area (Å²) >= 11 is 5.03. The molecule has 0 amide bonds. The van der Waals surface area contributed by atoms with Gasteiger partial charge in [0, 0.05) is 0 Å². The van der Waals surface area contributed by atoms with E-state index in [0.29, 0.717) is 11.7 Å². The smallest absolute Gasteiger partial charge is 0.262 e. The van der Waals surface area contributed by atoms with Gasteiger partial charge in [-0.3, -0.25) is 0 Å². The van der Waals surface area contributed by atoms with Gasteiger partial charge in [-0.25, -0.2) is 0 Å². The zero-order chi connectivity index (χ0) is 11.2. The summed E-state index contributed by atoms with van der Waals surface area (Å²) in [7, 11) is 0. The molecule has 2 rings (SSSR count). The zero-order valence-corrected chi connectivity index (χ0v) is 9.37. The molecule has 16 heavy (non-hydrogen) atoms. The second-order valence-corrected chi connectivity index (χ2v) is 3.51. The van der Waals surface area contributed by atoms with Gasteiger partial charge in [-0.2, -0.15) is 0 Å². The monoisotopic (exact) mass is 233 g/mol. The summed E-state index contributed by atoms with van der Waals surface area (Å²) in [4.78, 5) is 0. The van der Waals surface area contributed by atoms with Crippen LogP contribution < -0.4 is 10.1 Å². The van der Waals surface area contributed by atoms with Crippen molar-refractivity contribution in [2.75, 3.05) is 0 Å². The molecule has 0 spiro atoms. The summed E-state index contributed by atoms with van der Waals surface area (Å²) in [5, 5.41) is 3.28. The van der Waals surface area contributed by atoms with Crippen LogP contribution in [0.1, 0.15) is 5.76 Å². The number of furan rings is 1. The van der Waals surface area contributed by atoms with E-state index in [4.69, 9.17) is 21.4 Å². The Kier molecular flexibility index (Phi) is 3.56. The topological polar surface area (TPSA) is 34.4 Å². The Balaban J connectivity index is 1.81. The number of hydrogen-bond acceptors (Lipinski definition) is 3. The minimum Gasteiger partial charge on any atom is -0.467 e.